The van der Waals surface area contributed by atoms with Crippen molar-refractivity contribution in [2.45, 2.75) is 57.5 Å². The molecule has 6 heteroatoms. The number of ether oxygens (including phenoxy) is 2. The monoisotopic (exact) mass is 346 g/mol. The molecule has 3 atom stereocenters. The van der Waals surface area contributed by atoms with Crippen LogP contribution in [0.1, 0.15) is 32.8 Å². The largest absolute Gasteiger partial charge is 0.468 e. The Labute approximate surface area is 148 Å². The van der Waals surface area contributed by atoms with Gasteiger partial charge in [-0.2, -0.15) is 0 Å². The van der Waals surface area contributed by atoms with Crippen LogP contribution < -0.4 is 0 Å². The van der Waals surface area contributed by atoms with Gasteiger partial charge in [0.25, 0.3) is 0 Å². The van der Waals surface area contributed by atoms with E-state index in [-0.39, 0.29) is 24.1 Å². The van der Waals surface area contributed by atoms with Crippen LogP contribution in [0.2, 0.25) is 0 Å². The Kier molecular flexibility index (Phi) is 4.73. The zero-order valence-corrected chi connectivity index (χ0v) is 15.3. The number of carbonyl (C=O) groups excluding carboxylic acids is 2. The summed E-state index contributed by atoms with van der Waals surface area (Å²) in [6.45, 7) is 6.79. The smallest absolute Gasteiger partial charge is 0.410 e. The Balaban J connectivity index is 1.78. The van der Waals surface area contributed by atoms with Crippen LogP contribution in [0.4, 0.5) is 4.79 Å². The van der Waals surface area contributed by atoms with Crippen LogP contribution in [-0.2, 0) is 20.8 Å². The summed E-state index contributed by atoms with van der Waals surface area (Å²) >= 11 is 0. The van der Waals surface area contributed by atoms with Crippen molar-refractivity contribution in [3.63, 3.8) is 0 Å². The normalized spacial score (nSPS) is 25.9. The highest BCUT2D eigenvalue weighted by atomic mass is 16.6. The number of rotatable bonds is 3. The molecular formula is C19H26N2O4. The fraction of sp³-hybridized carbons (Fsp3) is 0.579. The molecule has 3 rings (SSSR count). The van der Waals surface area contributed by atoms with Crippen molar-refractivity contribution in [2.24, 2.45) is 0 Å². The van der Waals surface area contributed by atoms with E-state index in [1.807, 2.05) is 51.1 Å². The molecule has 0 radical (unpaired) electrons. The number of nitrogens with zero attached hydrogens (tertiary/aromatic N) is 2. The van der Waals surface area contributed by atoms with Gasteiger partial charge in [-0.05, 0) is 32.8 Å². The van der Waals surface area contributed by atoms with Crippen molar-refractivity contribution in [3.8, 4) is 0 Å². The predicted molar refractivity (Wildman–Crippen MR) is 92.9 cm³/mol. The minimum absolute atomic E-state index is 0.141. The molecule has 0 spiro atoms. The van der Waals surface area contributed by atoms with E-state index in [1.165, 1.54) is 7.11 Å². The highest BCUT2D eigenvalue weighted by Crippen LogP contribution is 2.38. The first-order valence-corrected chi connectivity index (χ1v) is 8.67. The molecule has 2 heterocycles. The predicted octanol–water partition coefficient (Wildman–Crippen LogP) is 2.42. The van der Waals surface area contributed by atoms with E-state index in [9.17, 15) is 9.59 Å². The van der Waals surface area contributed by atoms with Crippen LogP contribution in [-0.4, -0.2) is 59.2 Å². The SMILES string of the molecule is COC(=O)[C@@H]1[C@H]2C[C@H](CN2C(=O)OC(C)(C)C)N1Cc1ccccc1. The lowest BCUT2D eigenvalue weighted by molar-refractivity contribution is -0.149. The highest BCUT2D eigenvalue weighted by molar-refractivity contribution is 5.80. The van der Waals surface area contributed by atoms with Crippen molar-refractivity contribution < 1.29 is 19.1 Å². The van der Waals surface area contributed by atoms with Crippen LogP contribution in [0.3, 0.4) is 0 Å². The molecule has 1 aromatic carbocycles. The fourth-order valence-electron chi connectivity index (χ4n) is 3.80. The number of hydrogen-bond acceptors (Lipinski definition) is 5. The van der Waals surface area contributed by atoms with Gasteiger partial charge in [0.05, 0.1) is 13.2 Å². The Hall–Kier alpha value is -2.08. The summed E-state index contributed by atoms with van der Waals surface area (Å²) in [6.07, 6.45) is 0.416. The maximum Gasteiger partial charge on any atom is 0.410 e. The van der Waals surface area contributed by atoms with Crippen molar-refractivity contribution in [2.75, 3.05) is 13.7 Å². The lowest BCUT2D eigenvalue weighted by atomic mass is 10.1. The molecule has 0 N–H and O–H groups in total. The summed E-state index contributed by atoms with van der Waals surface area (Å²) in [5, 5.41) is 0. The molecule has 2 fully saturated rings. The fourth-order valence-corrected chi connectivity index (χ4v) is 3.80. The van der Waals surface area contributed by atoms with E-state index >= 15 is 0 Å². The number of benzene rings is 1. The third-order valence-electron chi connectivity index (χ3n) is 4.79. The molecule has 1 aromatic rings. The Morgan fingerprint density at radius 1 is 1.20 bits per heavy atom. The quantitative estimate of drug-likeness (QED) is 0.787. The van der Waals surface area contributed by atoms with Crippen molar-refractivity contribution in [1.29, 1.82) is 0 Å². The summed E-state index contributed by atoms with van der Waals surface area (Å²) in [6, 6.07) is 9.54. The van der Waals surface area contributed by atoms with E-state index < -0.39 is 11.6 Å². The van der Waals surface area contributed by atoms with Crippen LogP contribution >= 0.6 is 0 Å². The van der Waals surface area contributed by atoms with Crippen LogP contribution in [0, 0.1) is 0 Å². The molecule has 0 aliphatic carbocycles. The van der Waals surface area contributed by atoms with E-state index in [1.54, 1.807) is 4.90 Å². The van der Waals surface area contributed by atoms with Gasteiger partial charge >= 0.3 is 12.1 Å². The molecule has 0 unspecified atom stereocenters. The van der Waals surface area contributed by atoms with Gasteiger partial charge in [0, 0.05) is 19.1 Å². The molecule has 6 nitrogen and oxygen atoms in total. The zero-order chi connectivity index (χ0) is 18.2. The summed E-state index contributed by atoms with van der Waals surface area (Å²) < 4.78 is 10.5. The molecule has 2 aliphatic heterocycles. The van der Waals surface area contributed by atoms with Crippen LogP contribution in [0.15, 0.2) is 30.3 Å². The second kappa shape index (κ2) is 6.67. The van der Waals surface area contributed by atoms with Gasteiger partial charge in [-0.15, -0.1) is 0 Å². The Morgan fingerprint density at radius 3 is 2.48 bits per heavy atom. The second-order valence-corrected chi connectivity index (χ2v) is 7.72. The van der Waals surface area contributed by atoms with E-state index in [4.69, 9.17) is 9.47 Å². The molecule has 2 aliphatic rings. The number of hydrogen-bond donors (Lipinski definition) is 0. The van der Waals surface area contributed by atoms with Gasteiger partial charge in [-0.3, -0.25) is 9.69 Å². The number of esters is 1. The topological polar surface area (TPSA) is 59.1 Å². The van der Waals surface area contributed by atoms with Gasteiger partial charge < -0.3 is 14.4 Å². The molecule has 136 valence electrons. The molecule has 0 saturated carbocycles. The first kappa shape index (κ1) is 17.7. The van der Waals surface area contributed by atoms with Crippen molar-refractivity contribution in [1.82, 2.24) is 9.80 Å². The minimum atomic E-state index is -0.552. The van der Waals surface area contributed by atoms with E-state index in [0.717, 1.165) is 12.0 Å². The van der Waals surface area contributed by atoms with Crippen molar-refractivity contribution >= 4 is 12.1 Å². The number of amides is 1. The first-order chi connectivity index (χ1) is 11.8. The zero-order valence-electron chi connectivity index (χ0n) is 15.3. The third kappa shape index (κ3) is 3.63. The highest BCUT2D eigenvalue weighted by Gasteiger charge is 2.55. The lowest BCUT2D eigenvalue weighted by Crippen LogP contribution is -2.58. The maximum atomic E-state index is 12.5. The molecule has 0 aromatic heterocycles. The minimum Gasteiger partial charge on any atom is -0.468 e. The van der Waals surface area contributed by atoms with Crippen LogP contribution in [0.5, 0.6) is 0 Å². The van der Waals surface area contributed by atoms with Gasteiger partial charge in [-0.1, -0.05) is 30.3 Å². The van der Waals surface area contributed by atoms with Gasteiger partial charge in [-0.25, -0.2) is 4.79 Å². The average molecular weight is 346 g/mol. The third-order valence-corrected chi connectivity index (χ3v) is 4.79. The Morgan fingerprint density at radius 2 is 1.88 bits per heavy atom. The van der Waals surface area contributed by atoms with Crippen LogP contribution in [0.25, 0.3) is 0 Å². The summed E-state index contributed by atoms with van der Waals surface area (Å²) in [5.74, 6) is -0.295. The molecule has 25 heavy (non-hydrogen) atoms. The molecule has 2 bridgehead atoms. The summed E-state index contributed by atoms with van der Waals surface area (Å²) in [4.78, 5) is 28.8. The number of methoxy groups -OCH3 is 1. The second-order valence-electron chi connectivity index (χ2n) is 7.72. The van der Waals surface area contributed by atoms with Crippen molar-refractivity contribution in [3.05, 3.63) is 35.9 Å². The first-order valence-electron chi connectivity index (χ1n) is 8.67. The van der Waals surface area contributed by atoms with Gasteiger partial charge in [0.1, 0.15) is 11.6 Å². The summed E-state index contributed by atoms with van der Waals surface area (Å²) in [5.41, 5.74) is 0.594. The number of carbonyl (C=O) groups is 2. The lowest BCUT2D eigenvalue weighted by Gasteiger charge is -2.39. The molecular weight excluding hydrogens is 320 g/mol. The molecule has 2 saturated heterocycles. The standard InChI is InChI=1S/C19H26N2O4/c1-19(2,3)25-18(23)21-12-14-10-15(21)16(17(22)24-4)20(14)11-13-8-6-5-7-9-13/h5-9,14-16H,10-12H2,1-4H3/t14-,15-,16+/m1/s1. The van der Waals surface area contributed by atoms with Gasteiger partial charge in [0.15, 0.2) is 0 Å². The van der Waals surface area contributed by atoms with E-state index in [0.29, 0.717) is 13.1 Å². The average Bonchev–Trinajstić information content (AvgIpc) is 3.12. The summed E-state index contributed by atoms with van der Waals surface area (Å²) in [7, 11) is 1.40. The molecule has 1 amide bonds. The number of likely N-dealkylation sites (tertiary alicyclic amines) is 2. The number of fused-ring (bicyclic) bond motifs is 2. The van der Waals surface area contributed by atoms with Gasteiger partial charge in [0.2, 0.25) is 0 Å². The van der Waals surface area contributed by atoms with E-state index in [2.05, 4.69) is 4.90 Å². The Bertz CT molecular complexity index is 641. The maximum absolute atomic E-state index is 12.5. The number of piperazine rings is 1.